The monoisotopic (exact) mass is 428 g/mol. The normalized spacial score (nSPS) is 26.4. The molecule has 3 unspecified atom stereocenters. The summed E-state index contributed by atoms with van der Waals surface area (Å²) in [6, 6.07) is 9.90. The molecule has 1 aliphatic heterocycles. The van der Waals surface area contributed by atoms with Gasteiger partial charge in [-0.15, -0.1) is 0 Å². The molecule has 29 heavy (non-hydrogen) atoms. The minimum Gasteiger partial charge on any atom is -0.312 e. The van der Waals surface area contributed by atoms with E-state index in [9.17, 15) is 26.0 Å². The molecule has 1 aromatic heterocycles. The van der Waals surface area contributed by atoms with Crippen LogP contribution in [0.25, 0.3) is 0 Å². The second-order valence-electron chi connectivity index (χ2n) is 7.69. The number of aromatic nitrogens is 1. The van der Waals surface area contributed by atoms with Crippen LogP contribution >= 0.6 is 0 Å². The van der Waals surface area contributed by atoms with Gasteiger partial charge >= 0.3 is 6.18 Å². The summed E-state index contributed by atoms with van der Waals surface area (Å²) in [6.45, 7) is 0.891. The van der Waals surface area contributed by atoms with Crippen LogP contribution in [0.2, 0.25) is 0 Å². The van der Waals surface area contributed by atoms with E-state index in [2.05, 4.69) is 10.3 Å². The van der Waals surface area contributed by atoms with Crippen LogP contribution in [-0.4, -0.2) is 32.2 Å². The van der Waals surface area contributed by atoms with Gasteiger partial charge in [-0.25, -0.2) is 12.8 Å². The summed E-state index contributed by atoms with van der Waals surface area (Å²) in [5.74, 6) is 0. The lowest BCUT2D eigenvalue weighted by Gasteiger charge is -2.40. The third kappa shape index (κ3) is 2.81. The summed E-state index contributed by atoms with van der Waals surface area (Å²) in [5, 5.41) is 3.22. The first-order valence-corrected chi connectivity index (χ1v) is 10.8. The predicted molar refractivity (Wildman–Crippen MR) is 98.8 cm³/mol. The van der Waals surface area contributed by atoms with Crippen LogP contribution in [0.1, 0.15) is 36.7 Å². The van der Waals surface area contributed by atoms with Gasteiger partial charge in [0.2, 0.25) is 5.67 Å². The van der Waals surface area contributed by atoms with Crippen LogP contribution < -0.4 is 5.32 Å². The van der Waals surface area contributed by atoms with Crippen molar-refractivity contribution in [1.82, 2.24) is 10.3 Å². The molecule has 9 heteroatoms. The summed E-state index contributed by atoms with van der Waals surface area (Å²) in [6.07, 6.45) is -4.17. The number of sulfone groups is 1. The van der Waals surface area contributed by atoms with E-state index < -0.39 is 32.1 Å². The van der Waals surface area contributed by atoms with Crippen molar-refractivity contribution >= 4 is 9.84 Å². The lowest BCUT2D eigenvalue weighted by atomic mass is 9.80. The topological polar surface area (TPSA) is 59.1 Å². The minimum atomic E-state index is -5.12. The fourth-order valence-corrected chi connectivity index (χ4v) is 6.83. The van der Waals surface area contributed by atoms with E-state index in [-0.39, 0.29) is 29.5 Å². The number of alkyl halides is 4. The van der Waals surface area contributed by atoms with Crippen molar-refractivity contribution in [2.24, 2.45) is 0 Å². The van der Waals surface area contributed by atoms with Gasteiger partial charge in [0.25, 0.3) is 0 Å². The number of pyridine rings is 1. The lowest BCUT2D eigenvalue weighted by Crippen LogP contribution is -2.50. The van der Waals surface area contributed by atoms with Gasteiger partial charge in [0.15, 0.2) is 9.84 Å². The quantitative estimate of drug-likeness (QED) is 0.756. The molecule has 1 N–H and O–H groups in total. The molecule has 2 aromatic rings. The maximum absolute atomic E-state index is 14.4. The standard InChI is InChI=1S/C20H20F4N2O2S/c1-18(21,20(22,23)24)16-9-7-14-15(26-16)8-10-17-19(14,11-12-25-17)29(27,28)13-5-3-2-4-6-13/h2-7,9,17,25H,8,10-12H2,1H3. The Balaban J connectivity index is 1.90. The van der Waals surface area contributed by atoms with Gasteiger partial charge in [0.05, 0.1) is 10.6 Å². The molecule has 2 heterocycles. The highest BCUT2D eigenvalue weighted by atomic mass is 32.2. The van der Waals surface area contributed by atoms with Gasteiger partial charge in [-0.3, -0.25) is 4.98 Å². The van der Waals surface area contributed by atoms with E-state index in [1.165, 1.54) is 18.2 Å². The van der Waals surface area contributed by atoms with E-state index in [0.717, 1.165) is 6.07 Å². The summed E-state index contributed by atoms with van der Waals surface area (Å²) in [4.78, 5) is 4.13. The summed E-state index contributed by atoms with van der Waals surface area (Å²) in [5.41, 5.74) is -3.78. The molecule has 1 aromatic carbocycles. The third-order valence-corrected chi connectivity index (χ3v) is 8.66. The maximum Gasteiger partial charge on any atom is 0.428 e. The molecule has 0 spiro atoms. The molecule has 3 atom stereocenters. The van der Waals surface area contributed by atoms with Crippen molar-refractivity contribution in [3.8, 4) is 0 Å². The van der Waals surface area contributed by atoms with Crippen molar-refractivity contribution in [3.63, 3.8) is 0 Å². The zero-order chi connectivity index (χ0) is 21.1. The van der Waals surface area contributed by atoms with Crippen LogP contribution in [0.4, 0.5) is 17.6 Å². The van der Waals surface area contributed by atoms with Crippen LogP contribution in [-0.2, 0) is 26.7 Å². The number of hydrogen-bond acceptors (Lipinski definition) is 4. The van der Waals surface area contributed by atoms with Crippen LogP contribution in [0.3, 0.4) is 0 Å². The van der Waals surface area contributed by atoms with Gasteiger partial charge in [-0.2, -0.15) is 13.2 Å². The SMILES string of the molecule is CC(F)(c1ccc2c(n1)CCC1NCCC21S(=O)(=O)c1ccccc1)C(F)(F)F. The molecular weight excluding hydrogens is 408 g/mol. The highest BCUT2D eigenvalue weighted by Crippen LogP contribution is 2.50. The molecule has 1 fully saturated rings. The molecule has 1 aliphatic carbocycles. The van der Waals surface area contributed by atoms with E-state index in [0.29, 0.717) is 25.5 Å². The smallest absolute Gasteiger partial charge is 0.312 e. The average molecular weight is 428 g/mol. The fourth-order valence-electron chi connectivity index (χ4n) is 4.47. The Labute approximate surface area is 166 Å². The molecule has 1 saturated heterocycles. The highest BCUT2D eigenvalue weighted by Gasteiger charge is 2.59. The highest BCUT2D eigenvalue weighted by molar-refractivity contribution is 7.92. The molecule has 4 nitrogen and oxygen atoms in total. The van der Waals surface area contributed by atoms with Crippen molar-refractivity contribution < 1.29 is 26.0 Å². The maximum atomic E-state index is 14.4. The zero-order valence-electron chi connectivity index (χ0n) is 15.6. The van der Waals surface area contributed by atoms with Gasteiger partial charge in [-0.05, 0) is 56.5 Å². The minimum absolute atomic E-state index is 0.149. The lowest BCUT2D eigenvalue weighted by molar-refractivity contribution is -0.230. The number of halogens is 4. The molecule has 4 rings (SSSR count). The molecule has 156 valence electrons. The van der Waals surface area contributed by atoms with E-state index >= 15 is 0 Å². The third-order valence-electron chi connectivity index (χ3n) is 6.10. The number of rotatable bonds is 3. The molecule has 0 saturated carbocycles. The molecule has 0 radical (unpaired) electrons. The number of nitrogens with zero attached hydrogens (tertiary/aromatic N) is 1. The fraction of sp³-hybridized carbons (Fsp3) is 0.450. The molecule has 0 amide bonds. The van der Waals surface area contributed by atoms with Crippen LogP contribution in [0.15, 0.2) is 47.4 Å². The second-order valence-corrected chi connectivity index (χ2v) is 9.90. The van der Waals surface area contributed by atoms with Crippen molar-refractivity contribution in [1.29, 1.82) is 0 Å². The molecule has 2 aliphatic rings. The Kier molecular flexibility index (Phi) is 4.55. The largest absolute Gasteiger partial charge is 0.428 e. The van der Waals surface area contributed by atoms with Gasteiger partial charge in [0.1, 0.15) is 4.75 Å². The van der Waals surface area contributed by atoms with Crippen molar-refractivity contribution in [3.05, 3.63) is 59.4 Å². The van der Waals surface area contributed by atoms with Crippen molar-refractivity contribution in [2.75, 3.05) is 6.54 Å². The van der Waals surface area contributed by atoms with E-state index in [4.69, 9.17) is 0 Å². The summed E-state index contributed by atoms with van der Waals surface area (Å²) in [7, 11) is -3.87. The average Bonchev–Trinajstić information content (AvgIpc) is 3.13. The van der Waals surface area contributed by atoms with Crippen LogP contribution in [0.5, 0.6) is 0 Å². The molecular formula is C20H20F4N2O2S. The van der Waals surface area contributed by atoms with Crippen molar-refractivity contribution in [2.45, 2.75) is 53.7 Å². The zero-order valence-corrected chi connectivity index (χ0v) is 16.4. The molecule has 0 bridgehead atoms. The van der Waals surface area contributed by atoms with Gasteiger partial charge in [-0.1, -0.05) is 24.3 Å². The number of benzene rings is 1. The Morgan fingerprint density at radius 2 is 1.79 bits per heavy atom. The second kappa shape index (κ2) is 6.50. The Morgan fingerprint density at radius 1 is 1.10 bits per heavy atom. The first-order chi connectivity index (χ1) is 13.5. The van der Waals surface area contributed by atoms with Gasteiger partial charge < -0.3 is 5.32 Å². The van der Waals surface area contributed by atoms with Crippen LogP contribution in [0, 0.1) is 0 Å². The Bertz CT molecular complexity index is 1040. The summed E-state index contributed by atoms with van der Waals surface area (Å²) >= 11 is 0. The number of fused-ring (bicyclic) bond motifs is 3. The van der Waals surface area contributed by atoms with E-state index in [1.54, 1.807) is 18.2 Å². The van der Waals surface area contributed by atoms with Gasteiger partial charge in [0, 0.05) is 11.7 Å². The summed E-state index contributed by atoms with van der Waals surface area (Å²) < 4.78 is 79.8. The van der Waals surface area contributed by atoms with E-state index in [1.807, 2.05) is 0 Å². The first kappa shape index (κ1) is 20.3. The Hall–Kier alpha value is -2.00. The Morgan fingerprint density at radius 3 is 2.45 bits per heavy atom. The predicted octanol–water partition coefficient (Wildman–Crippen LogP) is 3.81. The number of aryl methyl sites for hydroxylation is 1. The first-order valence-electron chi connectivity index (χ1n) is 9.31. The number of nitrogens with one attached hydrogen (secondary N) is 1. The number of hydrogen-bond donors (Lipinski definition) is 1.